The Labute approximate surface area is 109 Å². The van der Waals surface area contributed by atoms with Gasteiger partial charge in [0.2, 0.25) is 5.91 Å². The van der Waals surface area contributed by atoms with Crippen molar-refractivity contribution in [3.8, 4) is 0 Å². The first-order chi connectivity index (χ1) is 8.30. The Morgan fingerprint density at radius 2 is 1.78 bits per heavy atom. The van der Waals surface area contributed by atoms with Crippen LogP contribution in [0.4, 0.5) is 0 Å². The van der Waals surface area contributed by atoms with Gasteiger partial charge in [-0.2, -0.15) is 0 Å². The minimum Gasteiger partial charge on any atom is -0.481 e. The van der Waals surface area contributed by atoms with Crippen LogP contribution in [-0.4, -0.2) is 23.0 Å². The molecule has 104 valence electrons. The molecule has 18 heavy (non-hydrogen) atoms. The van der Waals surface area contributed by atoms with Gasteiger partial charge in [0.1, 0.15) is 0 Å². The first-order valence-electron chi connectivity index (χ1n) is 6.83. The highest BCUT2D eigenvalue weighted by molar-refractivity contribution is 5.80. The summed E-state index contributed by atoms with van der Waals surface area (Å²) in [6.45, 7) is 5.88. The number of hydrogen-bond donors (Lipinski definition) is 2. The average molecular weight is 255 g/mol. The molecule has 1 rings (SSSR count). The van der Waals surface area contributed by atoms with Crippen LogP contribution in [0.25, 0.3) is 0 Å². The molecule has 1 unspecified atom stereocenters. The number of carbonyl (C=O) groups excluding carboxylic acids is 1. The summed E-state index contributed by atoms with van der Waals surface area (Å²) in [7, 11) is 0. The number of nitrogens with one attached hydrogen (secondary N) is 1. The lowest BCUT2D eigenvalue weighted by atomic mass is 9.83. The van der Waals surface area contributed by atoms with Gasteiger partial charge in [0, 0.05) is 12.0 Å². The number of carboxylic acid groups (broad SMARTS) is 1. The molecule has 0 aromatic rings. The fourth-order valence-corrected chi connectivity index (χ4v) is 2.40. The van der Waals surface area contributed by atoms with E-state index in [4.69, 9.17) is 5.11 Å². The third-order valence-electron chi connectivity index (χ3n) is 3.72. The zero-order valence-corrected chi connectivity index (χ0v) is 11.7. The Balaban J connectivity index is 2.59. The van der Waals surface area contributed by atoms with Gasteiger partial charge in [0.15, 0.2) is 0 Å². The predicted molar refractivity (Wildman–Crippen MR) is 70.2 cm³/mol. The van der Waals surface area contributed by atoms with Gasteiger partial charge in [-0.3, -0.25) is 9.59 Å². The van der Waals surface area contributed by atoms with E-state index < -0.39 is 5.97 Å². The maximum Gasteiger partial charge on any atom is 0.305 e. The van der Waals surface area contributed by atoms with Gasteiger partial charge in [-0.05, 0) is 18.3 Å². The van der Waals surface area contributed by atoms with E-state index in [-0.39, 0.29) is 29.7 Å². The molecule has 1 fully saturated rings. The fraction of sp³-hybridized carbons (Fsp3) is 0.857. The number of carbonyl (C=O) groups is 2. The van der Waals surface area contributed by atoms with Gasteiger partial charge in [0.25, 0.3) is 0 Å². The summed E-state index contributed by atoms with van der Waals surface area (Å²) >= 11 is 0. The van der Waals surface area contributed by atoms with Crippen molar-refractivity contribution in [2.24, 2.45) is 11.3 Å². The lowest BCUT2D eigenvalue weighted by Gasteiger charge is -2.32. The van der Waals surface area contributed by atoms with Crippen LogP contribution in [0.2, 0.25) is 0 Å². The lowest BCUT2D eigenvalue weighted by molar-refractivity contribution is -0.138. The average Bonchev–Trinajstić information content (AvgIpc) is 2.27. The molecular weight excluding hydrogens is 230 g/mol. The number of aliphatic carboxylic acids is 1. The smallest absolute Gasteiger partial charge is 0.305 e. The zero-order chi connectivity index (χ0) is 13.8. The molecule has 1 aliphatic carbocycles. The second-order valence-corrected chi connectivity index (χ2v) is 6.36. The van der Waals surface area contributed by atoms with Crippen molar-refractivity contribution >= 4 is 11.9 Å². The van der Waals surface area contributed by atoms with Crippen molar-refractivity contribution in [3.63, 3.8) is 0 Å². The van der Waals surface area contributed by atoms with E-state index in [1.165, 1.54) is 6.42 Å². The Hall–Kier alpha value is -1.06. The lowest BCUT2D eigenvalue weighted by Crippen LogP contribution is -2.47. The van der Waals surface area contributed by atoms with E-state index in [2.05, 4.69) is 5.32 Å². The van der Waals surface area contributed by atoms with Crippen LogP contribution in [0.5, 0.6) is 0 Å². The topological polar surface area (TPSA) is 66.4 Å². The van der Waals surface area contributed by atoms with Crippen LogP contribution < -0.4 is 5.32 Å². The molecule has 0 radical (unpaired) electrons. The van der Waals surface area contributed by atoms with Gasteiger partial charge < -0.3 is 10.4 Å². The number of hydrogen-bond acceptors (Lipinski definition) is 2. The molecule has 1 saturated carbocycles. The van der Waals surface area contributed by atoms with Gasteiger partial charge >= 0.3 is 5.97 Å². The van der Waals surface area contributed by atoms with Crippen LogP contribution in [-0.2, 0) is 9.59 Å². The summed E-state index contributed by atoms with van der Waals surface area (Å²) in [6.07, 6.45) is 5.30. The monoisotopic (exact) mass is 255 g/mol. The Bertz CT molecular complexity index is 301. The van der Waals surface area contributed by atoms with Gasteiger partial charge in [-0.25, -0.2) is 0 Å². The molecule has 0 heterocycles. The highest BCUT2D eigenvalue weighted by Gasteiger charge is 2.31. The molecule has 0 bridgehead atoms. The predicted octanol–water partition coefficient (Wildman–Crippen LogP) is 2.57. The van der Waals surface area contributed by atoms with Crippen LogP contribution in [0.15, 0.2) is 0 Å². The summed E-state index contributed by atoms with van der Waals surface area (Å²) in [6, 6.07) is -0.301. The van der Waals surface area contributed by atoms with E-state index in [1.807, 2.05) is 20.8 Å². The molecule has 0 aliphatic heterocycles. The normalized spacial score (nSPS) is 19.3. The first-order valence-corrected chi connectivity index (χ1v) is 6.83. The summed E-state index contributed by atoms with van der Waals surface area (Å²) in [4.78, 5) is 23.0. The molecule has 0 spiro atoms. The fourth-order valence-electron chi connectivity index (χ4n) is 2.40. The van der Waals surface area contributed by atoms with Gasteiger partial charge in [-0.1, -0.05) is 40.0 Å². The Kier molecular flexibility index (Phi) is 5.17. The van der Waals surface area contributed by atoms with Crippen molar-refractivity contribution in [2.45, 2.75) is 65.3 Å². The van der Waals surface area contributed by atoms with E-state index in [0.717, 1.165) is 25.7 Å². The Morgan fingerprint density at radius 3 is 2.22 bits per heavy atom. The second kappa shape index (κ2) is 6.21. The molecule has 1 amide bonds. The summed E-state index contributed by atoms with van der Waals surface area (Å²) in [5.74, 6) is -0.743. The highest BCUT2D eigenvalue weighted by atomic mass is 16.4. The molecule has 4 heteroatoms. The van der Waals surface area contributed by atoms with E-state index in [9.17, 15) is 9.59 Å². The standard InChI is InChI=1S/C14H25NO3/c1-14(2,3)11(9-12(16)17)15-13(18)10-7-5-4-6-8-10/h10-11H,4-9H2,1-3H3,(H,15,18)(H,16,17). The maximum atomic E-state index is 12.1. The number of rotatable bonds is 4. The van der Waals surface area contributed by atoms with Crippen molar-refractivity contribution in [3.05, 3.63) is 0 Å². The van der Waals surface area contributed by atoms with Crippen LogP contribution in [0.1, 0.15) is 59.3 Å². The molecular formula is C14H25NO3. The third kappa shape index (κ3) is 4.67. The summed E-state index contributed by atoms with van der Waals surface area (Å²) in [5.41, 5.74) is -0.233. The van der Waals surface area contributed by atoms with Crippen LogP contribution >= 0.6 is 0 Å². The van der Waals surface area contributed by atoms with E-state index >= 15 is 0 Å². The quantitative estimate of drug-likeness (QED) is 0.811. The van der Waals surface area contributed by atoms with Crippen LogP contribution in [0.3, 0.4) is 0 Å². The number of carboxylic acids is 1. The first kappa shape index (κ1) is 15.0. The van der Waals surface area contributed by atoms with Gasteiger partial charge in [-0.15, -0.1) is 0 Å². The molecule has 4 nitrogen and oxygen atoms in total. The van der Waals surface area contributed by atoms with Crippen LogP contribution in [0, 0.1) is 11.3 Å². The van der Waals surface area contributed by atoms with Crippen molar-refractivity contribution in [1.82, 2.24) is 5.32 Å². The summed E-state index contributed by atoms with van der Waals surface area (Å²) in [5, 5.41) is 11.9. The van der Waals surface area contributed by atoms with Crippen molar-refractivity contribution in [1.29, 1.82) is 0 Å². The largest absolute Gasteiger partial charge is 0.481 e. The SMILES string of the molecule is CC(C)(C)C(CC(=O)O)NC(=O)C1CCCCC1. The molecule has 1 aliphatic rings. The minimum absolute atomic E-state index is 0.0119. The van der Waals surface area contributed by atoms with Crippen molar-refractivity contribution < 1.29 is 14.7 Å². The molecule has 0 aromatic heterocycles. The minimum atomic E-state index is -0.862. The molecule has 1 atom stereocenters. The zero-order valence-electron chi connectivity index (χ0n) is 11.7. The number of amides is 1. The van der Waals surface area contributed by atoms with Crippen molar-refractivity contribution in [2.75, 3.05) is 0 Å². The highest BCUT2D eigenvalue weighted by Crippen LogP contribution is 2.26. The summed E-state index contributed by atoms with van der Waals surface area (Å²) < 4.78 is 0. The Morgan fingerprint density at radius 1 is 1.22 bits per heavy atom. The molecule has 0 aromatic carbocycles. The van der Waals surface area contributed by atoms with E-state index in [1.54, 1.807) is 0 Å². The molecule has 0 saturated heterocycles. The molecule has 2 N–H and O–H groups in total. The third-order valence-corrected chi connectivity index (χ3v) is 3.72. The van der Waals surface area contributed by atoms with E-state index in [0.29, 0.717) is 0 Å². The maximum absolute atomic E-state index is 12.1. The second-order valence-electron chi connectivity index (χ2n) is 6.36. The van der Waals surface area contributed by atoms with Gasteiger partial charge in [0.05, 0.1) is 6.42 Å².